The van der Waals surface area contributed by atoms with Gasteiger partial charge in [-0.3, -0.25) is 9.88 Å². The van der Waals surface area contributed by atoms with Crippen LogP contribution in [0.15, 0.2) is 18.3 Å². The van der Waals surface area contributed by atoms with Crippen molar-refractivity contribution >= 4 is 0 Å². The highest BCUT2D eigenvalue weighted by molar-refractivity contribution is 5.14. The van der Waals surface area contributed by atoms with Crippen molar-refractivity contribution in [1.82, 2.24) is 9.88 Å². The maximum Gasteiger partial charge on any atom is 0.0679 e. The third-order valence-electron chi connectivity index (χ3n) is 2.61. The van der Waals surface area contributed by atoms with Gasteiger partial charge in [-0.05, 0) is 31.0 Å². The molecule has 76 valence electrons. The van der Waals surface area contributed by atoms with E-state index in [1.165, 1.54) is 5.56 Å². The predicted octanol–water partition coefficient (Wildman–Crippen LogP) is 0.957. The lowest BCUT2D eigenvalue weighted by Crippen LogP contribution is -2.22. The zero-order valence-corrected chi connectivity index (χ0v) is 8.48. The van der Waals surface area contributed by atoms with Gasteiger partial charge in [0.1, 0.15) is 0 Å². The predicted molar refractivity (Wildman–Crippen MR) is 54.9 cm³/mol. The Hall–Kier alpha value is -0.930. The smallest absolute Gasteiger partial charge is 0.0679 e. The molecule has 0 bridgehead atoms. The third kappa shape index (κ3) is 2.30. The fourth-order valence-corrected chi connectivity index (χ4v) is 1.87. The van der Waals surface area contributed by atoms with Gasteiger partial charge in [0.25, 0.3) is 0 Å². The molecule has 1 aliphatic heterocycles. The first kappa shape index (κ1) is 9.62. The Labute approximate surface area is 84.4 Å². The van der Waals surface area contributed by atoms with Gasteiger partial charge in [0.2, 0.25) is 0 Å². The molecule has 1 fully saturated rings. The van der Waals surface area contributed by atoms with E-state index in [0.29, 0.717) is 0 Å². The first-order valence-electron chi connectivity index (χ1n) is 5.06. The van der Waals surface area contributed by atoms with Crippen molar-refractivity contribution in [3.8, 4) is 0 Å². The molecule has 1 atom stereocenters. The van der Waals surface area contributed by atoms with Crippen LogP contribution in [-0.4, -0.2) is 34.2 Å². The molecule has 14 heavy (non-hydrogen) atoms. The van der Waals surface area contributed by atoms with Gasteiger partial charge in [-0.25, -0.2) is 0 Å². The number of rotatable bonds is 2. The zero-order chi connectivity index (χ0) is 9.97. The van der Waals surface area contributed by atoms with E-state index in [0.717, 1.165) is 31.7 Å². The fourth-order valence-electron chi connectivity index (χ4n) is 1.87. The highest BCUT2D eigenvalue weighted by Crippen LogP contribution is 2.12. The lowest BCUT2D eigenvalue weighted by molar-refractivity contribution is 0.174. The first-order valence-corrected chi connectivity index (χ1v) is 5.06. The molecule has 0 aliphatic carbocycles. The summed E-state index contributed by atoms with van der Waals surface area (Å²) in [7, 11) is 0. The van der Waals surface area contributed by atoms with Gasteiger partial charge in [-0.1, -0.05) is 0 Å². The average molecular weight is 192 g/mol. The van der Waals surface area contributed by atoms with Crippen LogP contribution in [0.25, 0.3) is 0 Å². The van der Waals surface area contributed by atoms with E-state index in [2.05, 4.69) is 22.9 Å². The molecule has 0 spiro atoms. The van der Waals surface area contributed by atoms with E-state index in [9.17, 15) is 5.11 Å². The lowest BCUT2D eigenvalue weighted by atomic mass is 10.2. The summed E-state index contributed by atoms with van der Waals surface area (Å²) >= 11 is 0. The van der Waals surface area contributed by atoms with Crippen molar-refractivity contribution in [3.05, 3.63) is 29.6 Å². The summed E-state index contributed by atoms with van der Waals surface area (Å²) < 4.78 is 0. The molecular formula is C11H16N2O. The fraction of sp³-hybridized carbons (Fsp3) is 0.545. The van der Waals surface area contributed by atoms with Crippen molar-refractivity contribution < 1.29 is 5.11 Å². The molecule has 1 aliphatic rings. The second-order valence-corrected chi connectivity index (χ2v) is 4.00. The van der Waals surface area contributed by atoms with Crippen LogP contribution < -0.4 is 0 Å². The Balaban J connectivity index is 1.97. The Morgan fingerprint density at radius 2 is 2.50 bits per heavy atom. The zero-order valence-electron chi connectivity index (χ0n) is 8.48. The normalized spacial score (nSPS) is 22.9. The van der Waals surface area contributed by atoms with Gasteiger partial charge < -0.3 is 5.11 Å². The van der Waals surface area contributed by atoms with Crippen LogP contribution in [0.1, 0.15) is 17.7 Å². The van der Waals surface area contributed by atoms with Gasteiger partial charge in [0.05, 0.1) is 11.8 Å². The summed E-state index contributed by atoms with van der Waals surface area (Å²) in [6, 6.07) is 4.10. The molecule has 0 saturated carbocycles. The van der Waals surface area contributed by atoms with Crippen molar-refractivity contribution in [2.75, 3.05) is 13.1 Å². The number of aromatic nitrogens is 1. The van der Waals surface area contributed by atoms with Gasteiger partial charge in [-0.2, -0.15) is 0 Å². The molecule has 1 saturated heterocycles. The number of pyridine rings is 1. The summed E-state index contributed by atoms with van der Waals surface area (Å²) in [5, 5.41) is 9.37. The molecule has 1 N–H and O–H groups in total. The largest absolute Gasteiger partial charge is 0.392 e. The summed E-state index contributed by atoms with van der Waals surface area (Å²) in [5.41, 5.74) is 2.34. The number of aliphatic hydroxyl groups excluding tert-OH is 1. The van der Waals surface area contributed by atoms with Gasteiger partial charge in [0, 0.05) is 25.8 Å². The van der Waals surface area contributed by atoms with Gasteiger partial charge in [-0.15, -0.1) is 0 Å². The summed E-state index contributed by atoms with van der Waals surface area (Å²) in [4.78, 5) is 6.55. The van der Waals surface area contributed by atoms with E-state index in [1.54, 1.807) is 0 Å². The van der Waals surface area contributed by atoms with E-state index in [-0.39, 0.29) is 6.10 Å². The van der Waals surface area contributed by atoms with Crippen LogP contribution in [0.5, 0.6) is 0 Å². The van der Waals surface area contributed by atoms with Crippen LogP contribution >= 0.6 is 0 Å². The van der Waals surface area contributed by atoms with Crippen molar-refractivity contribution in [1.29, 1.82) is 0 Å². The number of hydrogen-bond acceptors (Lipinski definition) is 3. The average Bonchev–Trinajstić information content (AvgIpc) is 2.51. The molecule has 0 aromatic carbocycles. The Bertz CT molecular complexity index is 314. The molecule has 1 unspecified atom stereocenters. The van der Waals surface area contributed by atoms with E-state index in [4.69, 9.17) is 0 Å². The van der Waals surface area contributed by atoms with Crippen molar-refractivity contribution in [3.63, 3.8) is 0 Å². The highest BCUT2D eigenvalue weighted by Gasteiger charge is 2.20. The molecule has 3 nitrogen and oxygen atoms in total. The van der Waals surface area contributed by atoms with Crippen LogP contribution in [-0.2, 0) is 6.54 Å². The number of aryl methyl sites for hydroxylation is 1. The molecule has 3 heteroatoms. The van der Waals surface area contributed by atoms with E-state index < -0.39 is 0 Å². The number of likely N-dealkylation sites (tertiary alicyclic amines) is 1. The van der Waals surface area contributed by atoms with Gasteiger partial charge in [0.15, 0.2) is 0 Å². The van der Waals surface area contributed by atoms with Crippen LogP contribution in [0.2, 0.25) is 0 Å². The molecule has 2 rings (SSSR count). The monoisotopic (exact) mass is 192 g/mol. The maximum atomic E-state index is 9.37. The minimum Gasteiger partial charge on any atom is -0.392 e. The lowest BCUT2D eigenvalue weighted by Gasteiger charge is -2.14. The minimum atomic E-state index is -0.139. The second kappa shape index (κ2) is 4.07. The molecule has 0 amide bonds. The van der Waals surface area contributed by atoms with E-state index in [1.807, 2.05) is 12.3 Å². The van der Waals surface area contributed by atoms with E-state index >= 15 is 0 Å². The Morgan fingerprint density at radius 3 is 3.14 bits per heavy atom. The number of β-amino-alcohol motifs (C(OH)–C–C–N with tert-alkyl or cyclic N) is 1. The quantitative estimate of drug-likeness (QED) is 0.758. The van der Waals surface area contributed by atoms with Crippen molar-refractivity contribution in [2.24, 2.45) is 0 Å². The standard InChI is InChI=1S/C11H16N2O/c1-9-2-4-12-10(6-9)7-13-5-3-11(14)8-13/h2,4,6,11,14H,3,5,7-8H2,1H3. The van der Waals surface area contributed by atoms with Crippen LogP contribution in [0.4, 0.5) is 0 Å². The molecule has 2 heterocycles. The second-order valence-electron chi connectivity index (χ2n) is 4.00. The van der Waals surface area contributed by atoms with Crippen LogP contribution in [0, 0.1) is 6.92 Å². The first-order chi connectivity index (χ1) is 6.74. The molecule has 1 aromatic heterocycles. The number of hydrogen-bond donors (Lipinski definition) is 1. The maximum absolute atomic E-state index is 9.37. The Morgan fingerprint density at radius 1 is 1.64 bits per heavy atom. The van der Waals surface area contributed by atoms with Crippen LogP contribution in [0.3, 0.4) is 0 Å². The number of aliphatic hydroxyl groups is 1. The molecular weight excluding hydrogens is 176 g/mol. The topological polar surface area (TPSA) is 36.4 Å². The van der Waals surface area contributed by atoms with Gasteiger partial charge >= 0.3 is 0 Å². The summed E-state index contributed by atoms with van der Waals surface area (Å²) in [5.74, 6) is 0. The summed E-state index contributed by atoms with van der Waals surface area (Å²) in [6.07, 6.45) is 2.60. The number of nitrogens with zero attached hydrogens (tertiary/aromatic N) is 2. The Kier molecular flexibility index (Phi) is 2.79. The third-order valence-corrected chi connectivity index (χ3v) is 2.61. The SMILES string of the molecule is Cc1ccnc(CN2CCC(O)C2)c1. The molecule has 0 radical (unpaired) electrons. The minimum absolute atomic E-state index is 0.139. The molecule has 1 aromatic rings. The highest BCUT2D eigenvalue weighted by atomic mass is 16.3. The van der Waals surface area contributed by atoms with Crippen molar-refractivity contribution in [2.45, 2.75) is 26.0 Å². The summed E-state index contributed by atoms with van der Waals surface area (Å²) in [6.45, 7) is 4.70.